The quantitative estimate of drug-likeness (QED) is 0.820. The lowest BCUT2D eigenvalue weighted by Crippen LogP contribution is -2.51. The summed E-state index contributed by atoms with van der Waals surface area (Å²) in [4.78, 5) is 6.46. The number of hydrogen-bond donors (Lipinski definition) is 0. The maximum atomic E-state index is 12.5. The lowest BCUT2D eigenvalue weighted by atomic mass is 9.87. The summed E-state index contributed by atoms with van der Waals surface area (Å²) in [6.07, 6.45) is 3.17. The van der Waals surface area contributed by atoms with E-state index >= 15 is 0 Å². The molecule has 0 amide bonds. The molecule has 2 heterocycles. The van der Waals surface area contributed by atoms with Gasteiger partial charge in [0.25, 0.3) is 0 Å². The highest BCUT2D eigenvalue weighted by Crippen LogP contribution is 2.34. The maximum Gasteiger partial charge on any atom is 0.417 e. The summed E-state index contributed by atoms with van der Waals surface area (Å²) in [5.74, 6) is 0.305. The molecule has 2 aliphatic rings. The average molecular weight is 284 g/mol. The zero-order valence-electron chi connectivity index (χ0n) is 11.4. The highest BCUT2D eigenvalue weighted by molar-refractivity contribution is 5.21. The van der Waals surface area contributed by atoms with Crippen LogP contribution in [0.1, 0.15) is 49.3 Å². The van der Waals surface area contributed by atoms with E-state index in [9.17, 15) is 13.2 Å². The SMILES string of the molecule is FC(F)(F)c1ccc(C2CN(C3CCCCC3)C2)nc1. The van der Waals surface area contributed by atoms with E-state index in [4.69, 9.17) is 0 Å². The van der Waals surface area contributed by atoms with Crippen molar-refractivity contribution in [3.05, 3.63) is 29.6 Å². The Hall–Kier alpha value is -1.10. The molecule has 2 fully saturated rings. The van der Waals surface area contributed by atoms with Crippen molar-refractivity contribution >= 4 is 0 Å². The van der Waals surface area contributed by atoms with Crippen molar-refractivity contribution < 1.29 is 13.2 Å². The Morgan fingerprint density at radius 3 is 2.30 bits per heavy atom. The van der Waals surface area contributed by atoms with Gasteiger partial charge < -0.3 is 0 Å². The van der Waals surface area contributed by atoms with Crippen molar-refractivity contribution in [1.29, 1.82) is 0 Å². The van der Waals surface area contributed by atoms with Gasteiger partial charge >= 0.3 is 6.18 Å². The Balaban J connectivity index is 1.57. The molecule has 1 saturated carbocycles. The van der Waals surface area contributed by atoms with Gasteiger partial charge in [-0.25, -0.2) is 0 Å². The van der Waals surface area contributed by atoms with Gasteiger partial charge in [0, 0.05) is 36.9 Å². The summed E-state index contributed by atoms with van der Waals surface area (Å²) in [5.41, 5.74) is 0.134. The van der Waals surface area contributed by atoms with E-state index in [0.717, 1.165) is 31.0 Å². The molecule has 1 aliphatic carbocycles. The molecule has 0 aromatic carbocycles. The predicted octanol–water partition coefficient (Wildman–Crippen LogP) is 3.83. The van der Waals surface area contributed by atoms with E-state index in [1.807, 2.05) is 0 Å². The van der Waals surface area contributed by atoms with Crippen LogP contribution in [0.3, 0.4) is 0 Å². The molecule has 20 heavy (non-hydrogen) atoms. The van der Waals surface area contributed by atoms with E-state index in [1.54, 1.807) is 0 Å². The first-order chi connectivity index (χ1) is 9.54. The molecule has 110 valence electrons. The van der Waals surface area contributed by atoms with E-state index in [2.05, 4.69) is 9.88 Å². The smallest absolute Gasteiger partial charge is 0.299 e. The molecule has 3 rings (SSSR count). The van der Waals surface area contributed by atoms with E-state index in [-0.39, 0.29) is 0 Å². The first-order valence-electron chi connectivity index (χ1n) is 7.31. The average Bonchev–Trinajstić information content (AvgIpc) is 2.38. The number of rotatable bonds is 2. The van der Waals surface area contributed by atoms with Crippen LogP contribution >= 0.6 is 0 Å². The third kappa shape index (κ3) is 2.82. The van der Waals surface area contributed by atoms with Crippen molar-refractivity contribution in [1.82, 2.24) is 9.88 Å². The van der Waals surface area contributed by atoms with Crippen LogP contribution in [0, 0.1) is 0 Å². The lowest BCUT2D eigenvalue weighted by Gasteiger charge is -2.45. The number of alkyl halides is 3. The third-order valence-electron chi connectivity index (χ3n) is 4.53. The van der Waals surface area contributed by atoms with Gasteiger partial charge in [-0.05, 0) is 25.0 Å². The summed E-state index contributed by atoms with van der Waals surface area (Å²) in [6.45, 7) is 1.89. The molecule has 0 N–H and O–H groups in total. The number of pyridine rings is 1. The molecular formula is C15H19F3N2. The highest BCUT2D eigenvalue weighted by Gasteiger charge is 2.35. The Kier molecular flexibility index (Phi) is 3.71. The van der Waals surface area contributed by atoms with Crippen molar-refractivity contribution in [2.24, 2.45) is 0 Å². The normalized spacial score (nSPS) is 22.8. The fourth-order valence-electron chi connectivity index (χ4n) is 3.26. The zero-order chi connectivity index (χ0) is 14.2. The molecule has 0 unspecified atom stereocenters. The summed E-state index contributed by atoms with van der Waals surface area (Å²) in [6, 6.07) is 3.37. The molecule has 1 aliphatic heterocycles. The van der Waals surface area contributed by atoms with Crippen molar-refractivity contribution in [3.63, 3.8) is 0 Å². The minimum absolute atomic E-state index is 0.305. The van der Waals surface area contributed by atoms with Crippen LogP contribution in [0.25, 0.3) is 0 Å². The molecule has 1 aromatic rings. The maximum absolute atomic E-state index is 12.5. The van der Waals surface area contributed by atoms with Gasteiger partial charge in [-0.2, -0.15) is 13.2 Å². The molecule has 1 aromatic heterocycles. The molecule has 1 saturated heterocycles. The van der Waals surface area contributed by atoms with E-state index in [1.165, 1.54) is 38.2 Å². The molecule has 0 atom stereocenters. The minimum atomic E-state index is -4.29. The monoisotopic (exact) mass is 284 g/mol. The highest BCUT2D eigenvalue weighted by atomic mass is 19.4. The minimum Gasteiger partial charge on any atom is -0.299 e. The van der Waals surface area contributed by atoms with Gasteiger partial charge in [-0.3, -0.25) is 9.88 Å². The summed E-state index contributed by atoms with van der Waals surface area (Å²) < 4.78 is 37.4. The second-order valence-electron chi connectivity index (χ2n) is 5.91. The lowest BCUT2D eigenvalue weighted by molar-refractivity contribution is -0.137. The van der Waals surface area contributed by atoms with Crippen LogP contribution in [0.5, 0.6) is 0 Å². The second-order valence-corrected chi connectivity index (χ2v) is 5.91. The van der Waals surface area contributed by atoms with E-state index < -0.39 is 11.7 Å². The van der Waals surface area contributed by atoms with Crippen LogP contribution in [0.4, 0.5) is 13.2 Å². The number of aromatic nitrogens is 1. The Bertz CT molecular complexity index is 443. The summed E-state index contributed by atoms with van der Waals surface area (Å²) >= 11 is 0. The largest absolute Gasteiger partial charge is 0.417 e. The number of hydrogen-bond acceptors (Lipinski definition) is 2. The molecule has 0 spiro atoms. The summed E-state index contributed by atoms with van der Waals surface area (Å²) in [7, 11) is 0. The second kappa shape index (κ2) is 5.35. The standard InChI is InChI=1S/C15H19F3N2/c16-15(17,18)12-6-7-14(19-8-12)11-9-20(10-11)13-4-2-1-3-5-13/h6-8,11,13H,1-5,9-10H2. The van der Waals surface area contributed by atoms with Crippen LogP contribution in [-0.2, 0) is 6.18 Å². The van der Waals surface area contributed by atoms with Gasteiger partial charge in [-0.15, -0.1) is 0 Å². The van der Waals surface area contributed by atoms with Gasteiger partial charge in [0.2, 0.25) is 0 Å². The fourth-order valence-corrected chi connectivity index (χ4v) is 3.26. The van der Waals surface area contributed by atoms with Crippen molar-refractivity contribution in [2.45, 2.75) is 50.2 Å². The molecular weight excluding hydrogens is 265 g/mol. The van der Waals surface area contributed by atoms with Gasteiger partial charge in [-0.1, -0.05) is 19.3 Å². The van der Waals surface area contributed by atoms with Crippen LogP contribution in [0.2, 0.25) is 0 Å². The zero-order valence-corrected chi connectivity index (χ0v) is 11.4. The first kappa shape index (κ1) is 13.9. The molecule has 0 radical (unpaired) electrons. The Morgan fingerprint density at radius 1 is 1.05 bits per heavy atom. The first-order valence-corrected chi connectivity index (χ1v) is 7.31. The molecule has 0 bridgehead atoms. The number of halogens is 3. The topological polar surface area (TPSA) is 16.1 Å². The Labute approximate surface area is 117 Å². The number of likely N-dealkylation sites (tertiary alicyclic amines) is 1. The predicted molar refractivity (Wildman–Crippen MR) is 70.4 cm³/mol. The van der Waals surface area contributed by atoms with Crippen LogP contribution < -0.4 is 0 Å². The Morgan fingerprint density at radius 2 is 1.75 bits per heavy atom. The van der Waals surface area contributed by atoms with Gasteiger partial charge in [0.05, 0.1) is 5.56 Å². The molecule has 5 heteroatoms. The van der Waals surface area contributed by atoms with Crippen molar-refractivity contribution in [3.8, 4) is 0 Å². The van der Waals surface area contributed by atoms with E-state index in [0.29, 0.717) is 12.0 Å². The van der Waals surface area contributed by atoms with Gasteiger partial charge in [0.15, 0.2) is 0 Å². The van der Waals surface area contributed by atoms with Crippen LogP contribution in [0.15, 0.2) is 18.3 Å². The molecule has 2 nitrogen and oxygen atoms in total. The number of nitrogens with zero attached hydrogens (tertiary/aromatic N) is 2. The summed E-state index contributed by atoms with van der Waals surface area (Å²) in [5, 5.41) is 0. The van der Waals surface area contributed by atoms with Crippen molar-refractivity contribution in [2.75, 3.05) is 13.1 Å². The third-order valence-corrected chi connectivity index (χ3v) is 4.53. The van der Waals surface area contributed by atoms with Gasteiger partial charge in [0.1, 0.15) is 0 Å². The fraction of sp³-hybridized carbons (Fsp3) is 0.667. The van der Waals surface area contributed by atoms with Crippen LogP contribution in [-0.4, -0.2) is 29.0 Å².